The largest absolute Gasteiger partial charge is 0.326 e. The summed E-state index contributed by atoms with van der Waals surface area (Å²) < 4.78 is 13.0. The number of nitrogens with one attached hydrogen (secondary N) is 2. The number of hydrogen-bond acceptors (Lipinski definition) is 2. The molecule has 1 saturated heterocycles. The maximum absolute atomic E-state index is 13.0. The van der Waals surface area contributed by atoms with Crippen LogP contribution in [-0.4, -0.2) is 19.0 Å². The molecule has 0 saturated carbocycles. The molecule has 2 rings (SSSR count). The summed E-state index contributed by atoms with van der Waals surface area (Å²) in [5, 5.41) is 6.17. The van der Waals surface area contributed by atoms with Gasteiger partial charge in [-0.3, -0.25) is 4.79 Å². The smallest absolute Gasteiger partial charge is 0.224 e. The Kier molecular flexibility index (Phi) is 6.96. The minimum Gasteiger partial charge on any atom is -0.326 e. The second kappa shape index (κ2) is 8.22. The fourth-order valence-corrected chi connectivity index (χ4v) is 2.49. The summed E-state index contributed by atoms with van der Waals surface area (Å²) in [4.78, 5) is 11.9. The van der Waals surface area contributed by atoms with E-state index in [0.29, 0.717) is 18.0 Å². The Labute approximate surface area is 125 Å². The lowest BCUT2D eigenvalue weighted by Crippen LogP contribution is -2.28. The highest BCUT2D eigenvalue weighted by molar-refractivity contribution is 5.91. The van der Waals surface area contributed by atoms with Crippen LogP contribution in [0.25, 0.3) is 0 Å². The van der Waals surface area contributed by atoms with Gasteiger partial charge in [-0.05, 0) is 69.0 Å². The fraction of sp³-hybridized carbons (Fsp3) is 0.533. The van der Waals surface area contributed by atoms with Crippen molar-refractivity contribution in [3.63, 3.8) is 0 Å². The highest BCUT2D eigenvalue weighted by atomic mass is 35.5. The van der Waals surface area contributed by atoms with Crippen LogP contribution in [0.2, 0.25) is 0 Å². The molecule has 1 heterocycles. The van der Waals surface area contributed by atoms with E-state index in [-0.39, 0.29) is 24.1 Å². The molecule has 1 fully saturated rings. The molecule has 0 spiro atoms. The Balaban J connectivity index is 0.00000200. The molecule has 20 heavy (non-hydrogen) atoms. The number of carbonyl (C=O) groups excluding carboxylic acids is 1. The number of halogens is 2. The predicted octanol–water partition coefficient (Wildman–Crippen LogP) is 3.27. The van der Waals surface area contributed by atoms with Gasteiger partial charge in [-0.25, -0.2) is 4.39 Å². The zero-order chi connectivity index (χ0) is 13.7. The molecule has 3 nitrogen and oxygen atoms in total. The van der Waals surface area contributed by atoms with Gasteiger partial charge in [0, 0.05) is 12.1 Å². The number of carbonyl (C=O) groups is 1. The third-order valence-electron chi connectivity index (χ3n) is 3.70. The molecule has 1 amide bonds. The molecule has 1 aliphatic heterocycles. The van der Waals surface area contributed by atoms with Crippen LogP contribution in [0.15, 0.2) is 18.2 Å². The van der Waals surface area contributed by atoms with Gasteiger partial charge in [-0.2, -0.15) is 0 Å². The summed E-state index contributed by atoms with van der Waals surface area (Å²) in [6.07, 6.45) is 3.79. The van der Waals surface area contributed by atoms with Crippen molar-refractivity contribution in [1.82, 2.24) is 5.32 Å². The van der Waals surface area contributed by atoms with Crippen molar-refractivity contribution in [2.24, 2.45) is 5.92 Å². The quantitative estimate of drug-likeness (QED) is 0.896. The SMILES string of the molecule is Cc1cc(F)ccc1NC(=O)CCC1CCNCC1.Cl. The van der Waals surface area contributed by atoms with Crippen LogP contribution in [0.5, 0.6) is 0 Å². The first-order valence-electron chi connectivity index (χ1n) is 6.92. The van der Waals surface area contributed by atoms with Gasteiger partial charge in [-0.1, -0.05) is 0 Å². The molecular formula is C15H22ClFN2O. The van der Waals surface area contributed by atoms with E-state index in [4.69, 9.17) is 0 Å². The van der Waals surface area contributed by atoms with E-state index in [1.54, 1.807) is 13.0 Å². The Bertz CT molecular complexity index is 447. The summed E-state index contributed by atoms with van der Waals surface area (Å²) in [7, 11) is 0. The van der Waals surface area contributed by atoms with E-state index in [1.807, 2.05) is 0 Å². The molecule has 1 aromatic rings. The lowest BCUT2D eigenvalue weighted by atomic mass is 9.93. The van der Waals surface area contributed by atoms with E-state index < -0.39 is 0 Å². The number of anilines is 1. The van der Waals surface area contributed by atoms with Crippen LogP contribution in [0.4, 0.5) is 10.1 Å². The van der Waals surface area contributed by atoms with Crippen LogP contribution in [-0.2, 0) is 4.79 Å². The van der Waals surface area contributed by atoms with Gasteiger partial charge in [0.05, 0.1) is 0 Å². The summed E-state index contributed by atoms with van der Waals surface area (Å²) in [5.41, 5.74) is 1.46. The number of hydrogen-bond donors (Lipinski definition) is 2. The van der Waals surface area contributed by atoms with Crippen molar-refractivity contribution in [1.29, 1.82) is 0 Å². The average molecular weight is 301 g/mol. The van der Waals surface area contributed by atoms with Gasteiger partial charge in [-0.15, -0.1) is 12.4 Å². The lowest BCUT2D eigenvalue weighted by molar-refractivity contribution is -0.116. The molecule has 0 atom stereocenters. The van der Waals surface area contributed by atoms with Gasteiger partial charge in [0.25, 0.3) is 0 Å². The fourth-order valence-electron chi connectivity index (χ4n) is 2.49. The van der Waals surface area contributed by atoms with Crippen molar-refractivity contribution < 1.29 is 9.18 Å². The molecule has 1 aliphatic rings. The van der Waals surface area contributed by atoms with Crippen molar-refractivity contribution in [2.45, 2.75) is 32.6 Å². The second-order valence-electron chi connectivity index (χ2n) is 5.24. The summed E-state index contributed by atoms with van der Waals surface area (Å²) in [6.45, 7) is 3.91. The Morgan fingerprint density at radius 2 is 2.10 bits per heavy atom. The molecule has 5 heteroatoms. The van der Waals surface area contributed by atoms with Crippen molar-refractivity contribution in [3.8, 4) is 0 Å². The topological polar surface area (TPSA) is 41.1 Å². The standard InChI is InChI=1S/C15H21FN2O.ClH/c1-11-10-13(16)3-4-14(11)18-15(19)5-2-12-6-8-17-9-7-12;/h3-4,10,12,17H,2,5-9H2,1H3,(H,18,19);1H. The summed E-state index contributed by atoms with van der Waals surface area (Å²) >= 11 is 0. The van der Waals surface area contributed by atoms with Gasteiger partial charge in [0.1, 0.15) is 5.82 Å². The third kappa shape index (κ3) is 5.10. The van der Waals surface area contributed by atoms with E-state index >= 15 is 0 Å². The molecule has 1 aromatic carbocycles. The van der Waals surface area contributed by atoms with Gasteiger partial charge in [0.2, 0.25) is 5.91 Å². The minimum absolute atomic E-state index is 0. The first kappa shape index (κ1) is 16.9. The van der Waals surface area contributed by atoms with E-state index in [1.165, 1.54) is 12.1 Å². The molecule has 0 aromatic heterocycles. The Morgan fingerprint density at radius 1 is 1.40 bits per heavy atom. The molecule has 0 bridgehead atoms. The maximum Gasteiger partial charge on any atom is 0.224 e. The number of amides is 1. The predicted molar refractivity (Wildman–Crippen MR) is 81.8 cm³/mol. The second-order valence-corrected chi connectivity index (χ2v) is 5.24. The molecule has 0 radical (unpaired) electrons. The number of piperidine rings is 1. The van der Waals surface area contributed by atoms with Crippen LogP contribution < -0.4 is 10.6 Å². The molecule has 2 N–H and O–H groups in total. The molecule has 0 aliphatic carbocycles. The zero-order valence-corrected chi connectivity index (χ0v) is 12.6. The summed E-state index contributed by atoms with van der Waals surface area (Å²) in [6, 6.07) is 4.42. The van der Waals surface area contributed by atoms with Crippen molar-refractivity contribution in [3.05, 3.63) is 29.6 Å². The number of aryl methyl sites for hydroxylation is 1. The number of rotatable bonds is 4. The third-order valence-corrected chi connectivity index (χ3v) is 3.70. The van der Waals surface area contributed by atoms with Crippen LogP contribution in [0.3, 0.4) is 0 Å². The Morgan fingerprint density at radius 3 is 2.75 bits per heavy atom. The molecule has 112 valence electrons. The normalized spacial score (nSPS) is 15.5. The minimum atomic E-state index is -0.273. The molecule has 0 unspecified atom stereocenters. The Hall–Kier alpha value is -1.13. The highest BCUT2D eigenvalue weighted by Crippen LogP contribution is 2.19. The van der Waals surface area contributed by atoms with Crippen LogP contribution >= 0.6 is 12.4 Å². The maximum atomic E-state index is 13.0. The van der Waals surface area contributed by atoms with E-state index in [0.717, 1.165) is 37.9 Å². The van der Waals surface area contributed by atoms with E-state index in [2.05, 4.69) is 10.6 Å². The van der Waals surface area contributed by atoms with Crippen LogP contribution in [0, 0.1) is 18.7 Å². The average Bonchev–Trinajstić information content (AvgIpc) is 2.41. The monoisotopic (exact) mass is 300 g/mol. The van der Waals surface area contributed by atoms with Gasteiger partial charge in [0.15, 0.2) is 0 Å². The highest BCUT2D eigenvalue weighted by Gasteiger charge is 2.14. The summed E-state index contributed by atoms with van der Waals surface area (Å²) in [5.74, 6) is 0.403. The lowest BCUT2D eigenvalue weighted by Gasteiger charge is -2.22. The van der Waals surface area contributed by atoms with Crippen molar-refractivity contribution >= 4 is 24.0 Å². The van der Waals surface area contributed by atoms with Gasteiger partial charge < -0.3 is 10.6 Å². The molecular weight excluding hydrogens is 279 g/mol. The van der Waals surface area contributed by atoms with Crippen molar-refractivity contribution in [2.75, 3.05) is 18.4 Å². The zero-order valence-electron chi connectivity index (χ0n) is 11.7. The number of benzene rings is 1. The van der Waals surface area contributed by atoms with Gasteiger partial charge >= 0.3 is 0 Å². The first-order valence-corrected chi connectivity index (χ1v) is 6.92. The first-order chi connectivity index (χ1) is 9.15. The van der Waals surface area contributed by atoms with Crippen LogP contribution in [0.1, 0.15) is 31.2 Å². The van der Waals surface area contributed by atoms with E-state index in [9.17, 15) is 9.18 Å².